The molecule has 0 aliphatic carbocycles. The summed E-state index contributed by atoms with van der Waals surface area (Å²) < 4.78 is 7.40. The van der Waals surface area contributed by atoms with Gasteiger partial charge in [0.25, 0.3) is 5.56 Å². The van der Waals surface area contributed by atoms with Crippen molar-refractivity contribution < 1.29 is 9.53 Å². The molecule has 0 atom stereocenters. The van der Waals surface area contributed by atoms with Crippen LogP contribution in [0.2, 0.25) is 5.02 Å². The van der Waals surface area contributed by atoms with Crippen LogP contribution in [0.1, 0.15) is 11.3 Å². The van der Waals surface area contributed by atoms with Gasteiger partial charge in [0.15, 0.2) is 0 Å². The molecule has 1 aromatic carbocycles. The van der Waals surface area contributed by atoms with E-state index in [9.17, 15) is 9.59 Å². The van der Waals surface area contributed by atoms with E-state index in [4.69, 9.17) is 16.3 Å². The molecule has 0 amide bonds. The highest BCUT2D eigenvalue weighted by molar-refractivity contribution is 9.10. The van der Waals surface area contributed by atoms with E-state index in [0.717, 1.165) is 10.0 Å². The van der Waals surface area contributed by atoms with Gasteiger partial charge in [-0.2, -0.15) is 0 Å². The molecule has 3 aromatic rings. The monoisotopic (exact) mass is 406 g/mol. The lowest BCUT2D eigenvalue weighted by Crippen LogP contribution is -2.17. The average molecular weight is 408 g/mol. The molecule has 0 unspecified atom stereocenters. The molecule has 0 spiro atoms. The standard InChI is InChI=1S/C17H12BrClN2O3/c18-12-3-6-15-20-14(8-16(22)21(15)9-12)10-24-17(23)7-11-1-4-13(19)5-2-11/h1-6,8-9H,7,10H2. The number of rotatable bonds is 4. The fourth-order valence-corrected chi connectivity index (χ4v) is 2.64. The van der Waals surface area contributed by atoms with Crippen molar-refractivity contribution in [3.05, 3.63) is 79.8 Å². The van der Waals surface area contributed by atoms with E-state index in [-0.39, 0.29) is 18.6 Å². The minimum Gasteiger partial charge on any atom is -0.459 e. The summed E-state index contributed by atoms with van der Waals surface area (Å²) in [5, 5.41) is 0.611. The lowest BCUT2D eigenvalue weighted by Gasteiger charge is -2.06. The Bertz CT molecular complexity index is 954. The largest absolute Gasteiger partial charge is 0.459 e. The van der Waals surface area contributed by atoms with Crippen LogP contribution in [0.25, 0.3) is 5.65 Å². The predicted octanol–water partition coefficient (Wildman–Crippen LogP) is 3.40. The van der Waals surface area contributed by atoms with E-state index in [1.807, 2.05) is 0 Å². The van der Waals surface area contributed by atoms with Crippen molar-refractivity contribution in [2.45, 2.75) is 13.0 Å². The molecule has 5 nitrogen and oxygen atoms in total. The summed E-state index contributed by atoms with van der Waals surface area (Å²) >= 11 is 9.11. The third-order valence-electron chi connectivity index (χ3n) is 3.32. The molecule has 0 aliphatic heterocycles. The maximum atomic E-state index is 12.1. The summed E-state index contributed by atoms with van der Waals surface area (Å²) in [4.78, 5) is 28.3. The van der Waals surface area contributed by atoms with Crippen molar-refractivity contribution in [1.29, 1.82) is 0 Å². The van der Waals surface area contributed by atoms with E-state index in [1.54, 1.807) is 42.6 Å². The molecule has 3 rings (SSSR count). The molecular weight excluding hydrogens is 396 g/mol. The van der Waals surface area contributed by atoms with Crippen LogP contribution in [0, 0.1) is 0 Å². The van der Waals surface area contributed by atoms with Crippen molar-refractivity contribution in [3.8, 4) is 0 Å². The molecule has 24 heavy (non-hydrogen) atoms. The fraction of sp³-hybridized carbons (Fsp3) is 0.118. The zero-order valence-corrected chi connectivity index (χ0v) is 14.8. The Morgan fingerprint density at radius 1 is 1.21 bits per heavy atom. The first-order chi connectivity index (χ1) is 11.5. The van der Waals surface area contributed by atoms with Gasteiger partial charge in [-0.1, -0.05) is 23.7 Å². The first kappa shape index (κ1) is 16.7. The summed E-state index contributed by atoms with van der Waals surface area (Å²) in [5.74, 6) is -0.393. The van der Waals surface area contributed by atoms with Gasteiger partial charge in [-0.05, 0) is 45.8 Å². The van der Waals surface area contributed by atoms with Gasteiger partial charge in [0.05, 0.1) is 12.1 Å². The topological polar surface area (TPSA) is 60.7 Å². The van der Waals surface area contributed by atoms with Crippen molar-refractivity contribution in [2.75, 3.05) is 0 Å². The van der Waals surface area contributed by atoms with Crippen LogP contribution in [-0.4, -0.2) is 15.4 Å². The number of benzene rings is 1. The van der Waals surface area contributed by atoms with Crippen molar-refractivity contribution in [3.63, 3.8) is 0 Å². The van der Waals surface area contributed by atoms with Crippen LogP contribution in [0.4, 0.5) is 0 Å². The summed E-state index contributed by atoms with van der Waals surface area (Å²) in [6.07, 6.45) is 1.78. The number of pyridine rings is 1. The van der Waals surface area contributed by atoms with Gasteiger partial charge >= 0.3 is 5.97 Å². The molecule has 2 heterocycles. The number of halogens is 2. The van der Waals surface area contributed by atoms with Crippen LogP contribution in [0.3, 0.4) is 0 Å². The van der Waals surface area contributed by atoms with Gasteiger partial charge in [0.2, 0.25) is 0 Å². The van der Waals surface area contributed by atoms with Gasteiger partial charge in [0.1, 0.15) is 12.3 Å². The first-order valence-electron chi connectivity index (χ1n) is 7.09. The Balaban J connectivity index is 1.69. The zero-order chi connectivity index (χ0) is 17.1. The SMILES string of the molecule is O=C(Cc1ccc(Cl)cc1)OCc1cc(=O)n2cc(Br)ccc2n1. The molecule has 0 aliphatic rings. The summed E-state index contributed by atoms with van der Waals surface area (Å²) in [6.45, 7) is -0.0474. The van der Waals surface area contributed by atoms with Crippen LogP contribution in [-0.2, 0) is 22.6 Å². The van der Waals surface area contributed by atoms with Gasteiger partial charge < -0.3 is 4.74 Å². The van der Waals surface area contributed by atoms with E-state index in [1.165, 1.54) is 10.5 Å². The molecule has 2 aromatic heterocycles. The van der Waals surface area contributed by atoms with Gasteiger partial charge in [-0.3, -0.25) is 14.0 Å². The number of carbonyl (C=O) groups is 1. The molecule has 0 saturated carbocycles. The molecule has 0 saturated heterocycles. The van der Waals surface area contributed by atoms with Crippen LogP contribution in [0.15, 0.2) is 57.9 Å². The number of ether oxygens (including phenoxy) is 1. The normalized spacial score (nSPS) is 10.8. The summed E-state index contributed by atoms with van der Waals surface area (Å²) in [5.41, 5.74) is 1.48. The number of hydrogen-bond acceptors (Lipinski definition) is 4. The minimum atomic E-state index is -0.393. The Morgan fingerprint density at radius 3 is 2.71 bits per heavy atom. The Labute approximate surface area is 151 Å². The maximum Gasteiger partial charge on any atom is 0.310 e. The third kappa shape index (κ3) is 4.01. The number of carbonyl (C=O) groups excluding carboxylic acids is 1. The molecule has 0 radical (unpaired) electrons. The van der Waals surface area contributed by atoms with Crippen molar-refractivity contribution in [2.24, 2.45) is 0 Å². The van der Waals surface area contributed by atoms with E-state index in [2.05, 4.69) is 20.9 Å². The zero-order valence-electron chi connectivity index (χ0n) is 12.4. The molecule has 0 bridgehead atoms. The quantitative estimate of drug-likeness (QED) is 0.622. The molecule has 0 fully saturated rings. The minimum absolute atomic E-state index is 0.0474. The average Bonchev–Trinajstić information content (AvgIpc) is 2.56. The van der Waals surface area contributed by atoms with Gasteiger partial charge in [0, 0.05) is 21.8 Å². The number of esters is 1. The van der Waals surface area contributed by atoms with Crippen LogP contribution >= 0.6 is 27.5 Å². The number of aromatic nitrogens is 2. The third-order valence-corrected chi connectivity index (χ3v) is 4.04. The summed E-state index contributed by atoms with van der Waals surface area (Å²) in [7, 11) is 0. The number of hydrogen-bond donors (Lipinski definition) is 0. The second-order valence-electron chi connectivity index (χ2n) is 5.13. The Morgan fingerprint density at radius 2 is 1.96 bits per heavy atom. The summed E-state index contributed by atoms with van der Waals surface area (Å²) in [6, 6.07) is 11.8. The van der Waals surface area contributed by atoms with Gasteiger partial charge in [-0.25, -0.2) is 4.98 Å². The highest BCUT2D eigenvalue weighted by Gasteiger charge is 2.08. The highest BCUT2D eigenvalue weighted by atomic mass is 79.9. The van der Waals surface area contributed by atoms with Crippen molar-refractivity contribution in [1.82, 2.24) is 9.38 Å². The smallest absolute Gasteiger partial charge is 0.310 e. The molecular formula is C17H12BrClN2O3. The molecule has 0 N–H and O–H groups in total. The van der Waals surface area contributed by atoms with E-state index >= 15 is 0 Å². The first-order valence-corrected chi connectivity index (χ1v) is 8.26. The highest BCUT2D eigenvalue weighted by Crippen LogP contribution is 2.11. The lowest BCUT2D eigenvalue weighted by atomic mass is 10.1. The predicted molar refractivity (Wildman–Crippen MR) is 94.1 cm³/mol. The van der Waals surface area contributed by atoms with Gasteiger partial charge in [-0.15, -0.1) is 0 Å². The van der Waals surface area contributed by atoms with Crippen LogP contribution < -0.4 is 5.56 Å². The van der Waals surface area contributed by atoms with Crippen LogP contribution in [0.5, 0.6) is 0 Å². The number of fused-ring (bicyclic) bond motifs is 1. The second kappa shape index (κ2) is 7.15. The van der Waals surface area contributed by atoms with Crippen molar-refractivity contribution >= 4 is 39.1 Å². The number of nitrogens with zero attached hydrogens (tertiary/aromatic N) is 2. The maximum absolute atomic E-state index is 12.1. The Kier molecular flexibility index (Phi) is 4.97. The van der Waals surface area contributed by atoms with E-state index in [0.29, 0.717) is 16.4 Å². The lowest BCUT2D eigenvalue weighted by molar-refractivity contribution is -0.144. The van der Waals surface area contributed by atoms with E-state index < -0.39 is 5.97 Å². The Hall–Kier alpha value is -2.18. The molecule has 122 valence electrons. The second-order valence-corrected chi connectivity index (χ2v) is 6.48. The molecule has 7 heteroatoms. The fourth-order valence-electron chi connectivity index (χ4n) is 2.17.